The quantitative estimate of drug-likeness (QED) is 0.758. The summed E-state index contributed by atoms with van der Waals surface area (Å²) in [5.41, 5.74) is 0.601. The molecule has 0 N–H and O–H groups in total. The van der Waals surface area contributed by atoms with E-state index in [2.05, 4.69) is 0 Å². The van der Waals surface area contributed by atoms with Gasteiger partial charge >= 0.3 is 0 Å². The molecule has 1 amide bonds. The van der Waals surface area contributed by atoms with Gasteiger partial charge < -0.3 is 14.5 Å². The molecule has 132 valence electrons. The maximum absolute atomic E-state index is 14.2. The molecule has 1 aliphatic rings. The van der Waals surface area contributed by atoms with Gasteiger partial charge in [0.05, 0.1) is 13.2 Å². The topological polar surface area (TPSA) is 66.9 Å². The first kappa shape index (κ1) is 18.4. The van der Waals surface area contributed by atoms with Crippen molar-refractivity contribution in [3.05, 3.63) is 40.7 Å². The second-order valence-corrected chi connectivity index (χ2v) is 7.69. The van der Waals surface area contributed by atoms with Crippen molar-refractivity contribution < 1.29 is 22.3 Å². The normalized spacial score (nSPS) is 16.2. The van der Waals surface area contributed by atoms with E-state index in [4.69, 9.17) is 4.74 Å². The Kier molecular flexibility index (Phi) is 5.61. The van der Waals surface area contributed by atoms with E-state index in [9.17, 15) is 17.6 Å². The molecule has 8 heteroatoms. The molecule has 0 aliphatic carbocycles. The van der Waals surface area contributed by atoms with E-state index in [0.29, 0.717) is 31.9 Å². The second kappa shape index (κ2) is 7.31. The van der Waals surface area contributed by atoms with Gasteiger partial charge in [0.2, 0.25) is 9.84 Å². The molecular weight excluding hydrogens is 335 g/mol. The average Bonchev–Trinajstić information content (AvgIpc) is 2.52. The van der Waals surface area contributed by atoms with Gasteiger partial charge in [-0.05, 0) is 24.6 Å². The fraction of sp³-hybridized carbons (Fsp3) is 0.438. The highest BCUT2D eigenvalue weighted by Gasteiger charge is 2.33. The van der Waals surface area contributed by atoms with Crippen molar-refractivity contribution >= 4 is 15.7 Å². The van der Waals surface area contributed by atoms with E-state index in [0.717, 1.165) is 6.07 Å². The summed E-state index contributed by atoms with van der Waals surface area (Å²) in [7, 11) is -1.07. The summed E-state index contributed by atoms with van der Waals surface area (Å²) in [6.07, 6.45) is 1.21. The number of hydrogen-bond donors (Lipinski definition) is 0. The summed E-state index contributed by atoms with van der Waals surface area (Å²) in [4.78, 5) is 14.6. The second-order valence-electron chi connectivity index (χ2n) is 5.80. The lowest BCUT2D eigenvalue weighted by Crippen LogP contribution is -2.42. The van der Waals surface area contributed by atoms with Gasteiger partial charge in [0.15, 0.2) is 4.91 Å². The van der Waals surface area contributed by atoms with E-state index in [1.165, 1.54) is 28.1 Å². The molecule has 0 aromatic heterocycles. The zero-order valence-corrected chi connectivity index (χ0v) is 14.8. The summed E-state index contributed by atoms with van der Waals surface area (Å²) >= 11 is 0. The van der Waals surface area contributed by atoms with Crippen molar-refractivity contribution in [1.82, 2.24) is 9.80 Å². The molecule has 1 aromatic carbocycles. The number of ether oxygens (including phenoxy) is 1. The van der Waals surface area contributed by atoms with Crippen LogP contribution in [0, 0.1) is 12.7 Å². The molecule has 0 spiro atoms. The van der Waals surface area contributed by atoms with Crippen LogP contribution in [0.25, 0.3) is 0 Å². The zero-order valence-electron chi connectivity index (χ0n) is 14.0. The highest BCUT2D eigenvalue weighted by molar-refractivity contribution is 7.96. The number of morpholine rings is 1. The van der Waals surface area contributed by atoms with Crippen LogP contribution >= 0.6 is 0 Å². The van der Waals surface area contributed by atoms with Crippen LogP contribution in [0.5, 0.6) is 0 Å². The van der Waals surface area contributed by atoms with E-state index >= 15 is 0 Å². The number of nitrogens with zero attached hydrogens (tertiary/aromatic N) is 2. The van der Waals surface area contributed by atoms with Gasteiger partial charge in [-0.3, -0.25) is 4.79 Å². The van der Waals surface area contributed by atoms with Crippen LogP contribution in [0.4, 0.5) is 4.39 Å². The maximum Gasteiger partial charge on any atom is 0.267 e. The molecule has 0 saturated carbocycles. The molecule has 1 fully saturated rings. The average molecular weight is 356 g/mol. The van der Waals surface area contributed by atoms with E-state index in [1.807, 2.05) is 0 Å². The van der Waals surface area contributed by atoms with Crippen molar-refractivity contribution in [1.29, 1.82) is 0 Å². The standard InChI is InChI=1S/C16H21FN2O4S/c1-12-4-5-14(13(17)10-12)24(21,22)15(11-18(2)3)16(20)19-6-8-23-9-7-19/h4-5,10-11H,6-9H2,1-3H3. The number of amides is 1. The van der Waals surface area contributed by atoms with Crippen LogP contribution in [-0.4, -0.2) is 64.5 Å². The lowest BCUT2D eigenvalue weighted by atomic mass is 10.2. The molecule has 1 aromatic rings. The number of sulfone groups is 1. The largest absolute Gasteiger partial charge is 0.382 e. The third kappa shape index (κ3) is 3.93. The molecule has 1 aliphatic heterocycles. The van der Waals surface area contributed by atoms with Gasteiger partial charge in [0.25, 0.3) is 5.91 Å². The minimum Gasteiger partial charge on any atom is -0.382 e. The highest BCUT2D eigenvalue weighted by Crippen LogP contribution is 2.25. The molecule has 0 atom stereocenters. The molecule has 1 saturated heterocycles. The number of carbonyl (C=O) groups is 1. The van der Waals surface area contributed by atoms with E-state index in [1.54, 1.807) is 21.0 Å². The monoisotopic (exact) mass is 356 g/mol. The fourth-order valence-corrected chi connectivity index (χ4v) is 3.85. The third-order valence-corrected chi connectivity index (χ3v) is 5.32. The Hall–Kier alpha value is -1.93. The molecule has 6 nitrogen and oxygen atoms in total. The van der Waals surface area contributed by atoms with Crippen LogP contribution < -0.4 is 0 Å². The number of benzene rings is 1. The first-order valence-electron chi connectivity index (χ1n) is 7.50. The Morgan fingerprint density at radius 1 is 1.29 bits per heavy atom. The molecule has 1 heterocycles. The van der Waals surface area contributed by atoms with Gasteiger partial charge in [0, 0.05) is 33.4 Å². The van der Waals surface area contributed by atoms with Gasteiger partial charge in [-0.15, -0.1) is 0 Å². The highest BCUT2D eigenvalue weighted by atomic mass is 32.2. The van der Waals surface area contributed by atoms with Crippen LogP contribution in [0.2, 0.25) is 0 Å². The van der Waals surface area contributed by atoms with Crippen molar-refractivity contribution in [2.75, 3.05) is 40.4 Å². The summed E-state index contributed by atoms with van der Waals surface area (Å²) in [6, 6.07) is 3.83. The maximum atomic E-state index is 14.2. The summed E-state index contributed by atoms with van der Waals surface area (Å²) in [5.74, 6) is -1.51. The van der Waals surface area contributed by atoms with Crippen LogP contribution in [0.1, 0.15) is 5.56 Å². The lowest BCUT2D eigenvalue weighted by molar-refractivity contribution is -0.130. The predicted molar refractivity (Wildman–Crippen MR) is 87.5 cm³/mol. The van der Waals surface area contributed by atoms with E-state index in [-0.39, 0.29) is 0 Å². The Labute approximate surface area is 141 Å². The van der Waals surface area contributed by atoms with Crippen LogP contribution in [0.15, 0.2) is 34.2 Å². The van der Waals surface area contributed by atoms with E-state index < -0.39 is 31.4 Å². The first-order valence-corrected chi connectivity index (χ1v) is 8.98. The van der Waals surface area contributed by atoms with Gasteiger partial charge in [-0.2, -0.15) is 0 Å². The van der Waals surface area contributed by atoms with Crippen molar-refractivity contribution in [2.24, 2.45) is 0 Å². The Balaban J connectivity index is 2.48. The summed E-state index contributed by atoms with van der Waals surface area (Å²) < 4.78 is 45.1. The summed E-state index contributed by atoms with van der Waals surface area (Å²) in [5, 5.41) is 0. The fourth-order valence-electron chi connectivity index (χ4n) is 2.34. The van der Waals surface area contributed by atoms with Gasteiger partial charge in [-0.1, -0.05) is 6.07 Å². The Morgan fingerprint density at radius 3 is 2.46 bits per heavy atom. The molecule has 0 radical (unpaired) electrons. The van der Waals surface area contributed by atoms with Crippen molar-refractivity contribution in [3.8, 4) is 0 Å². The molecule has 24 heavy (non-hydrogen) atoms. The Bertz CT molecular complexity index is 753. The number of rotatable bonds is 4. The van der Waals surface area contributed by atoms with Crippen molar-refractivity contribution in [3.63, 3.8) is 0 Å². The number of hydrogen-bond acceptors (Lipinski definition) is 5. The molecule has 0 unspecified atom stereocenters. The molecule has 2 rings (SSSR count). The number of aryl methyl sites for hydroxylation is 1. The van der Waals surface area contributed by atoms with Gasteiger partial charge in [-0.25, -0.2) is 12.8 Å². The SMILES string of the molecule is Cc1ccc(S(=O)(=O)C(=CN(C)C)C(=O)N2CCOCC2)c(F)c1. The summed E-state index contributed by atoms with van der Waals surface area (Å²) in [6.45, 7) is 2.96. The predicted octanol–water partition coefficient (Wildman–Crippen LogP) is 1.17. The van der Waals surface area contributed by atoms with Crippen LogP contribution in [-0.2, 0) is 19.4 Å². The lowest BCUT2D eigenvalue weighted by Gasteiger charge is -2.28. The Morgan fingerprint density at radius 2 is 1.92 bits per heavy atom. The number of halogens is 1. The molecular formula is C16H21FN2O4S. The minimum absolute atomic E-state index is 0.301. The zero-order chi connectivity index (χ0) is 17.9. The smallest absolute Gasteiger partial charge is 0.267 e. The van der Waals surface area contributed by atoms with Gasteiger partial charge in [0.1, 0.15) is 10.7 Å². The van der Waals surface area contributed by atoms with Crippen molar-refractivity contribution in [2.45, 2.75) is 11.8 Å². The number of carbonyl (C=O) groups excluding carboxylic acids is 1. The molecule has 0 bridgehead atoms. The first-order chi connectivity index (χ1) is 11.2. The van der Waals surface area contributed by atoms with Crippen LogP contribution in [0.3, 0.4) is 0 Å². The third-order valence-electron chi connectivity index (χ3n) is 3.55. The minimum atomic E-state index is -4.28.